The van der Waals surface area contributed by atoms with Crippen molar-refractivity contribution in [3.63, 3.8) is 0 Å². The number of nitrogens with two attached hydrogens (primary N) is 1. The molecule has 2 N–H and O–H groups in total. The third-order valence-electron chi connectivity index (χ3n) is 2.70. The molecule has 1 aliphatic rings. The van der Waals surface area contributed by atoms with Crippen molar-refractivity contribution in [1.82, 2.24) is 0 Å². The molecule has 17 heavy (non-hydrogen) atoms. The summed E-state index contributed by atoms with van der Waals surface area (Å²) in [5.41, 5.74) is 4.27. The number of halogens is 3. The Labute approximate surface area is 97.0 Å². The van der Waals surface area contributed by atoms with Crippen LogP contribution in [0.5, 0.6) is 0 Å². The minimum absolute atomic E-state index is 0.331. The fourth-order valence-corrected chi connectivity index (χ4v) is 1.86. The molecule has 0 unspecified atom stereocenters. The van der Waals surface area contributed by atoms with E-state index in [0.29, 0.717) is 32.7 Å². The molecule has 1 heterocycles. The zero-order chi connectivity index (χ0) is 12.4. The van der Waals surface area contributed by atoms with Crippen molar-refractivity contribution < 1.29 is 17.9 Å². The van der Waals surface area contributed by atoms with Crippen LogP contribution in [0.3, 0.4) is 0 Å². The molecule has 1 aliphatic heterocycles. The fourth-order valence-electron chi connectivity index (χ4n) is 1.86. The van der Waals surface area contributed by atoms with Crippen LogP contribution in [0, 0.1) is 17.5 Å². The van der Waals surface area contributed by atoms with Crippen molar-refractivity contribution >= 4 is 11.4 Å². The molecule has 1 aromatic carbocycles. The summed E-state index contributed by atoms with van der Waals surface area (Å²) in [6.07, 6.45) is 0.644. The highest BCUT2D eigenvalue weighted by Gasteiger charge is 2.23. The molecule has 3 nitrogen and oxygen atoms in total. The van der Waals surface area contributed by atoms with Crippen LogP contribution in [0.4, 0.5) is 24.5 Å². The van der Waals surface area contributed by atoms with E-state index in [1.54, 1.807) is 0 Å². The lowest BCUT2D eigenvalue weighted by Crippen LogP contribution is -2.28. The molecular weight excluding hydrogens is 233 g/mol. The number of hydrogen-bond donors (Lipinski definition) is 1. The maximum absolute atomic E-state index is 13.7. The highest BCUT2D eigenvalue weighted by Crippen LogP contribution is 2.29. The Bertz CT molecular complexity index is 418. The van der Waals surface area contributed by atoms with Crippen LogP contribution in [0.2, 0.25) is 0 Å². The Balaban J connectivity index is 2.39. The van der Waals surface area contributed by atoms with Crippen LogP contribution in [0.1, 0.15) is 6.42 Å². The van der Waals surface area contributed by atoms with Crippen LogP contribution >= 0.6 is 0 Å². The van der Waals surface area contributed by atoms with Gasteiger partial charge in [0, 0.05) is 25.8 Å². The van der Waals surface area contributed by atoms with Gasteiger partial charge in [-0.1, -0.05) is 0 Å². The molecule has 0 saturated carbocycles. The number of rotatable bonds is 1. The average molecular weight is 246 g/mol. The second-order valence-electron chi connectivity index (χ2n) is 3.88. The summed E-state index contributed by atoms with van der Waals surface area (Å²) >= 11 is 0. The van der Waals surface area contributed by atoms with Gasteiger partial charge in [0.2, 0.25) is 0 Å². The third-order valence-corrected chi connectivity index (χ3v) is 2.70. The molecule has 0 bridgehead atoms. The second kappa shape index (κ2) is 4.83. The molecule has 1 fully saturated rings. The molecular formula is C11H13F3N2O. The van der Waals surface area contributed by atoms with E-state index in [9.17, 15) is 13.2 Å². The van der Waals surface area contributed by atoms with Gasteiger partial charge in [-0.2, -0.15) is 0 Å². The molecule has 1 aromatic rings. The Morgan fingerprint density at radius 3 is 2.65 bits per heavy atom. The lowest BCUT2D eigenvalue weighted by Gasteiger charge is -2.23. The minimum Gasteiger partial charge on any atom is -0.396 e. The lowest BCUT2D eigenvalue weighted by molar-refractivity contribution is 0.152. The first-order valence-electron chi connectivity index (χ1n) is 5.37. The number of nitrogen functional groups attached to an aromatic ring is 1. The quantitative estimate of drug-likeness (QED) is 0.607. The summed E-state index contributed by atoms with van der Waals surface area (Å²) in [6, 6.07) is 0.805. The van der Waals surface area contributed by atoms with Crippen molar-refractivity contribution in [2.45, 2.75) is 6.42 Å². The summed E-state index contributed by atoms with van der Waals surface area (Å²) in [7, 11) is 0. The second-order valence-corrected chi connectivity index (χ2v) is 3.88. The van der Waals surface area contributed by atoms with Crippen molar-refractivity contribution in [2.75, 3.05) is 36.9 Å². The van der Waals surface area contributed by atoms with E-state index in [4.69, 9.17) is 10.5 Å². The molecule has 0 atom stereocenters. The Morgan fingerprint density at radius 1 is 1.12 bits per heavy atom. The number of ether oxygens (including phenoxy) is 1. The summed E-state index contributed by atoms with van der Waals surface area (Å²) in [4.78, 5) is 1.44. The molecule has 0 aromatic heterocycles. The maximum atomic E-state index is 13.7. The van der Waals surface area contributed by atoms with Gasteiger partial charge in [-0.05, 0) is 6.42 Å². The van der Waals surface area contributed by atoms with E-state index in [1.807, 2.05) is 0 Å². The number of anilines is 2. The van der Waals surface area contributed by atoms with E-state index in [1.165, 1.54) is 4.90 Å². The van der Waals surface area contributed by atoms with Gasteiger partial charge >= 0.3 is 0 Å². The van der Waals surface area contributed by atoms with Crippen molar-refractivity contribution in [2.24, 2.45) is 0 Å². The summed E-state index contributed by atoms with van der Waals surface area (Å²) in [5, 5.41) is 0. The van der Waals surface area contributed by atoms with E-state index < -0.39 is 23.1 Å². The lowest BCUT2D eigenvalue weighted by atomic mass is 10.2. The first kappa shape index (κ1) is 12.0. The van der Waals surface area contributed by atoms with E-state index >= 15 is 0 Å². The predicted octanol–water partition coefficient (Wildman–Crippen LogP) is 1.91. The fraction of sp³-hybridized carbons (Fsp3) is 0.455. The van der Waals surface area contributed by atoms with Crippen LogP contribution in [0.15, 0.2) is 6.07 Å². The normalized spacial score (nSPS) is 17.0. The molecule has 94 valence electrons. The van der Waals surface area contributed by atoms with Gasteiger partial charge in [0.1, 0.15) is 5.69 Å². The average Bonchev–Trinajstić information content (AvgIpc) is 2.55. The molecule has 2 rings (SSSR count). The van der Waals surface area contributed by atoms with Crippen LogP contribution in [-0.2, 0) is 4.74 Å². The monoisotopic (exact) mass is 246 g/mol. The highest BCUT2D eigenvalue weighted by molar-refractivity contribution is 5.57. The summed E-state index contributed by atoms with van der Waals surface area (Å²) < 4.78 is 45.8. The van der Waals surface area contributed by atoms with Gasteiger partial charge in [-0.3, -0.25) is 0 Å². The maximum Gasteiger partial charge on any atom is 0.187 e. The number of hydrogen-bond acceptors (Lipinski definition) is 3. The van der Waals surface area contributed by atoms with Gasteiger partial charge < -0.3 is 15.4 Å². The van der Waals surface area contributed by atoms with Gasteiger partial charge in [0.15, 0.2) is 17.5 Å². The Morgan fingerprint density at radius 2 is 1.88 bits per heavy atom. The Kier molecular flexibility index (Phi) is 3.42. The number of benzene rings is 1. The zero-order valence-electron chi connectivity index (χ0n) is 9.18. The molecule has 0 aliphatic carbocycles. The SMILES string of the molecule is Nc1cc(F)c(N2CCCOCC2)c(F)c1F. The molecule has 6 heteroatoms. The standard InChI is InChI=1S/C11H13F3N2O/c12-7-6-8(15)9(13)10(14)11(7)16-2-1-4-17-5-3-16/h6H,1-5,15H2. The first-order chi connectivity index (χ1) is 8.11. The van der Waals surface area contributed by atoms with E-state index in [2.05, 4.69) is 0 Å². The van der Waals surface area contributed by atoms with Gasteiger partial charge in [-0.15, -0.1) is 0 Å². The summed E-state index contributed by atoms with van der Waals surface area (Å²) in [5.74, 6) is -3.28. The largest absolute Gasteiger partial charge is 0.396 e. The smallest absolute Gasteiger partial charge is 0.187 e. The molecule has 1 saturated heterocycles. The first-order valence-corrected chi connectivity index (χ1v) is 5.37. The van der Waals surface area contributed by atoms with E-state index in [0.717, 1.165) is 6.07 Å². The minimum atomic E-state index is -1.23. The van der Waals surface area contributed by atoms with Gasteiger partial charge in [0.25, 0.3) is 0 Å². The van der Waals surface area contributed by atoms with Crippen LogP contribution in [-0.4, -0.2) is 26.3 Å². The number of nitrogens with zero attached hydrogens (tertiary/aromatic N) is 1. The topological polar surface area (TPSA) is 38.5 Å². The highest BCUT2D eigenvalue weighted by atomic mass is 19.2. The van der Waals surface area contributed by atoms with Gasteiger partial charge in [0.05, 0.1) is 12.3 Å². The van der Waals surface area contributed by atoms with Crippen molar-refractivity contribution in [3.05, 3.63) is 23.5 Å². The van der Waals surface area contributed by atoms with Gasteiger partial charge in [-0.25, -0.2) is 13.2 Å². The van der Waals surface area contributed by atoms with Crippen molar-refractivity contribution in [1.29, 1.82) is 0 Å². The molecule has 0 amide bonds. The molecule has 0 radical (unpaired) electrons. The van der Waals surface area contributed by atoms with E-state index in [-0.39, 0.29) is 5.69 Å². The zero-order valence-corrected chi connectivity index (χ0v) is 9.18. The Hall–Kier alpha value is -1.43. The van der Waals surface area contributed by atoms with Crippen LogP contribution in [0.25, 0.3) is 0 Å². The summed E-state index contributed by atoms with van der Waals surface area (Å²) in [6.45, 7) is 1.66. The molecule has 0 spiro atoms. The van der Waals surface area contributed by atoms with Crippen LogP contribution < -0.4 is 10.6 Å². The van der Waals surface area contributed by atoms with Crippen molar-refractivity contribution in [3.8, 4) is 0 Å². The predicted molar refractivity (Wildman–Crippen MR) is 58.4 cm³/mol. The third kappa shape index (κ3) is 2.31.